The number of aromatic hydroxyl groups is 1. The summed E-state index contributed by atoms with van der Waals surface area (Å²) in [5.41, 5.74) is 2.15. The van der Waals surface area contributed by atoms with Crippen molar-refractivity contribution in [1.29, 1.82) is 0 Å². The summed E-state index contributed by atoms with van der Waals surface area (Å²) >= 11 is 0. The number of aryl methyl sites for hydroxylation is 1. The average Bonchev–Trinajstić information content (AvgIpc) is 2.29. The second-order valence-corrected chi connectivity index (χ2v) is 3.88. The van der Waals surface area contributed by atoms with Crippen LogP contribution in [0.2, 0.25) is 0 Å². The van der Waals surface area contributed by atoms with Gasteiger partial charge < -0.3 is 10.1 Å². The third kappa shape index (κ3) is 2.20. The van der Waals surface area contributed by atoms with Crippen molar-refractivity contribution in [1.82, 2.24) is 9.97 Å². The third-order valence-electron chi connectivity index (χ3n) is 2.72. The summed E-state index contributed by atoms with van der Waals surface area (Å²) in [4.78, 5) is 18.9. The highest BCUT2D eigenvalue weighted by atomic mass is 16.3. The Hall–Kier alpha value is -2.10. The first-order valence-corrected chi connectivity index (χ1v) is 5.51. The Labute approximate surface area is 99.0 Å². The van der Waals surface area contributed by atoms with Gasteiger partial charge in [0, 0.05) is 16.8 Å². The zero-order chi connectivity index (χ0) is 12.4. The molecule has 0 unspecified atom stereocenters. The molecule has 0 bridgehead atoms. The number of aromatic amines is 1. The van der Waals surface area contributed by atoms with Crippen molar-refractivity contribution in [3.8, 4) is 17.1 Å². The topological polar surface area (TPSA) is 66.0 Å². The Kier molecular flexibility index (Phi) is 2.95. The first-order chi connectivity index (χ1) is 8.11. The molecule has 0 atom stereocenters. The van der Waals surface area contributed by atoms with Crippen LogP contribution in [0.3, 0.4) is 0 Å². The van der Waals surface area contributed by atoms with Crippen molar-refractivity contribution in [2.75, 3.05) is 0 Å². The maximum absolute atomic E-state index is 11.8. The molecule has 0 aliphatic heterocycles. The molecule has 0 spiro atoms. The molecule has 1 aromatic carbocycles. The number of hydrogen-bond donors (Lipinski definition) is 2. The lowest BCUT2D eigenvalue weighted by atomic mass is 10.1. The number of nitrogens with one attached hydrogen (secondary N) is 1. The van der Waals surface area contributed by atoms with Crippen LogP contribution < -0.4 is 5.56 Å². The molecular formula is C13H14N2O2. The second kappa shape index (κ2) is 4.41. The number of benzene rings is 1. The van der Waals surface area contributed by atoms with Crippen LogP contribution in [-0.2, 0) is 6.42 Å². The van der Waals surface area contributed by atoms with Crippen LogP contribution in [0.15, 0.2) is 29.1 Å². The fourth-order valence-corrected chi connectivity index (χ4v) is 1.78. The first-order valence-electron chi connectivity index (χ1n) is 5.51. The van der Waals surface area contributed by atoms with Gasteiger partial charge in [0.05, 0.1) is 0 Å². The maximum atomic E-state index is 11.8. The van der Waals surface area contributed by atoms with Gasteiger partial charge in [0.25, 0.3) is 5.56 Å². The van der Waals surface area contributed by atoms with Crippen molar-refractivity contribution in [2.24, 2.45) is 0 Å². The maximum Gasteiger partial charge on any atom is 0.254 e. The number of phenols is 1. The van der Waals surface area contributed by atoms with Crippen LogP contribution in [0, 0.1) is 6.92 Å². The zero-order valence-electron chi connectivity index (χ0n) is 9.82. The molecule has 4 nitrogen and oxygen atoms in total. The Morgan fingerprint density at radius 1 is 1.29 bits per heavy atom. The molecule has 0 saturated carbocycles. The predicted octanol–water partition coefficient (Wildman–Crippen LogP) is 2.01. The van der Waals surface area contributed by atoms with Crippen LogP contribution in [0.4, 0.5) is 0 Å². The van der Waals surface area contributed by atoms with E-state index in [4.69, 9.17) is 0 Å². The van der Waals surface area contributed by atoms with Crippen LogP contribution in [-0.4, -0.2) is 15.1 Å². The van der Waals surface area contributed by atoms with Gasteiger partial charge in [0.1, 0.15) is 11.6 Å². The summed E-state index contributed by atoms with van der Waals surface area (Å²) < 4.78 is 0. The molecule has 0 amide bonds. The number of hydrogen-bond acceptors (Lipinski definition) is 3. The fraction of sp³-hybridized carbons (Fsp3) is 0.231. The van der Waals surface area contributed by atoms with E-state index in [1.165, 1.54) is 0 Å². The molecule has 4 heteroatoms. The van der Waals surface area contributed by atoms with Crippen LogP contribution in [0.1, 0.15) is 18.2 Å². The molecule has 2 aromatic rings. The fourth-order valence-electron chi connectivity index (χ4n) is 1.78. The lowest BCUT2D eigenvalue weighted by Crippen LogP contribution is -2.16. The SMILES string of the molecule is CCc1c(C)nc(-c2ccc(O)cc2)[nH]c1=O. The van der Waals surface area contributed by atoms with E-state index in [-0.39, 0.29) is 11.3 Å². The highest BCUT2D eigenvalue weighted by Crippen LogP contribution is 2.18. The number of nitrogens with zero attached hydrogens (tertiary/aromatic N) is 1. The summed E-state index contributed by atoms with van der Waals surface area (Å²) in [6, 6.07) is 6.58. The van der Waals surface area contributed by atoms with Gasteiger partial charge in [0.2, 0.25) is 0 Å². The summed E-state index contributed by atoms with van der Waals surface area (Å²) in [5.74, 6) is 0.725. The second-order valence-electron chi connectivity index (χ2n) is 3.88. The smallest absolute Gasteiger partial charge is 0.254 e. The molecule has 0 radical (unpaired) electrons. The van der Waals surface area contributed by atoms with E-state index in [1.54, 1.807) is 24.3 Å². The lowest BCUT2D eigenvalue weighted by Gasteiger charge is -2.05. The lowest BCUT2D eigenvalue weighted by molar-refractivity contribution is 0.475. The van der Waals surface area contributed by atoms with E-state index in [2.05, 4.69) is 9.97 Å². The molecule has 0 fully saturated rings. The minimum absolute atomic E-state index is 0.0944. The van der Waals surface area contributed by atoms with E-state index in [1.807, 2.05) is 13.8 Å². The van der Waals surface area contributed by atoms with Gasteiger partial charge in [-0.3, -0.25) is 4.79 Å². The molecular weight excluding hydrogens is 216 g/mol. The van der Waals surface area contributed by atoms with Crippen molar-refractivity contribution < 1.29 is 5.11 Å². The van der Waals surface area contributed by atoms with Crippen molar-refractivity contribution in [3.63, 3.8) is 0 Å². The Balaban J connectivity index is 2.54. The van der Waals surface area contributed by atoms with Crippen molar-refractivity contribution >= 4 is 0 Å². The van der Waals surface area contributed by atoms with E-state index in [9.17, 15) is 9.90 Å². The Bertz CT molecular complexity index is 585. The monoisotopic (exact) mass is 230 g/mol. The highest BCUT2D eigenvalue weighted by molar-refractivity contribution is 5.56. The normalized spacial score (nSPS) is 10.5. The molecule has 1 aromatic heterocycles. The van der Waals surface area contributed by atoms with Gasteiger partial charge in [-0.15, -0.1) is 0 Å². The predicted molar refractivity (Wildman–Crippen MR) is 66.1 cm³/mol. The molecule has 0 aliphatic carbocycles. The van der Waals surface area contributed by atoms with Crippen LogP contribution in [0.25, 0.3) is 11.4 Å². The van der Waals surface area contributed by atoms with Crippen LogP contribution in [0.5, 0.6) is 5.75 Å². The Morgan fingerprint density at radius 3 is 2.47 bits per heavy atom. The molecule has 2 rings (SSSR count). The number of rotatable bonds is 2. The number of H-pyrrole nitrogens is 1. The largest absolute Gasteiger partial charge is 0.508 e. The molecule has 88 valence electrons. The van der Waals surface area contributed by atoms with E-state index in [0.717, 1.165) is 11.3 Å². The summed E-state index contributed by atoms with van der Waals surface area (Å²) in [6.45, 7) is 3.76. The molecule has 0 aliphatic rings. The van der Waals surface area contributed by atoms with Gasteiger partial charge in [-0.2, -0.15) is 0 Å². The average molecular weight is 230 g/mol. The van der Waals surface area contributed by atoms with Gasteiger partial charge in [0.15, 0.2) is 0 Å². The van der Waals surface area contributed by atoms with E-state index < -0.39 is 0 Å². The minimum atomic E-state index is -0.0944. The molecule has 17 heavy (non-hydrogen) atoms. The van der Waals surface area contributed by atoms with E-state index in [0.29, 0.717) is 17.8 Å². The Morgan fingerprint density at radius 2 is 1.94 bits per heavy atom. The highest BCUT2D eigenvalue weighted by Gasteiger charge is 2.07. The number of aromatic nitrogens is 2. The van der Waals surface area contributed by atoms with Gasteiger partial charge in [-0.05, 0) is 37.6 Å². The molecule has 1 heterocycles. The van der Waals surface area contributed by atoms with Gasteiger partial charge in [-0.1, -0.05) is 6.92 Å². The van der Waals surface area contributed by atoms with Crippen molar-refractivity contribution in [2.45, 2.75) is 20.3 Å². The van der Waals surface area contributed by atoms with E-state index >= 15 is 0 Å². The molecule has 0 saturated heterocycles. The van der Waals surface area contributed by atoms with Crippen molar-refractivity contribution in [3.05, 3.63) is 45.9 Å². The first kappa shape index (κ1) is 11.4. The zero-order valence-corrected chi connectivity index (χ0v) is 9.82. The summed E-state index contributed by atoms with van der Waals surface area (Å²) in [7, 11) is 0. The molecule has 2 N–H and O–H groups in total. The third-order valence-corrected chi connectivity index (χ3v) is 2.72. The van der Waals surface area contributed by atoms with Gasteiger partial charge >= 0.3 is 0 Å². The quantitative estimate of drug-likeness (QED) is 0.829. The summed E-state index contributed by atoms with van der Waals surface area (Å²) in [6.07, 6.45) is 0.671. The number of phenolic OH excluding ortho intramolecular Hbond substituents is 1. The van der Waals surface area contributed by atoms with Crippen LogP contribution >= 0.6 is 0 Å². The van der Waals surface area contributed by atoms with Gasteiger partial charge in [-0.25, -0.2) is 4.98 Å². The standard InChI is InChI=1S/C13H14N2O2/c1-3-11-8(2)14-12(15-13(11)17)9-4-6-10(16)7-5-9/h4-7,16H,3H2,1-2H3,(H,14,15,17). The minimum Gasteiger partial charge on any atom is -0.508 e. The summed E-state index contributed by atoms with van der Waals surface area (Å²) in [5, 5.41) is 9.20.